The van der Waals surface area contributed by atoms with Crippen LogP contribution in [0, 0.1) is 0 Å². The molecule has 0 atom stereocenters. The Bertz CT molecular complexity index is 701. The van der Waals surface area contributed by atoms with E-state index < -0.39 is 0 Å². The fourth-order valence-corrected chi connectivity index (χ4v) is 3.36. The SMILES string of the molecule is Nc1ccc(C2(C(=O)N3CCc4ccccc43)CC2)cc1. The molecule has 3 heteroatoms. The van der Waals surface area contributed by atoms with Gasteiger partial charge in [-0.25, -0.2) is 0 Å². The number of anilines is 2. The number of carbonyl (C=O) groups is 1. The first kappa shape index (κ1) is 12.5. The molecule has 1 amide bonds. The molecule has 2 aromatic carbocycles. The normalized spacial score (nSPS) is 18.4. The van der Waals surface area contributed by atoms with Gasteiger partial charge in [0.15, 0.2) is 0 Å². The first-order valence-corrected chi connectivity index (χ1v) is 7.47. The summed E-state index contributed by atoms with van der Waals surface area (Å²) in [6.07, 6.45) is 2.84. The summed E-state index contributed by atoms with van der Waals surface area (Å²) in [5.41, 5.74) is 9.65. The molecule has 1 aliphatic carbocycles. The van der Waals surface area contributed by atoms with Crippen LogP contribution in [0.1, 0.15) is 24.0 Å². The van der Waals surface area contributed by atoms with Crippen LogP contribution in [0.25, 0.3) is 0 Å². The average Bonchev–Trinajstić information content (AvgIpc) is 3.21. The Balaban J connectivity index is 1.68. The van der Waals surface area contributed by atoms with E-state index in [4.69, 9.17) is 5.73 Å². The molecule has 21 heavy (non-hydrogen) atoms. The van der Waals surface area contributed by atoms with Crippen LogP contribution in [0.15, 0.2) is 48.5 Å². The molecule has 1 aliphatic heterocycles. The summed E-state index contributed by atoms with van der Waals surface area (Å²) in [5, 5.41) is 0. The fraction of sp³-hybridized carbons (Fsp3) is 0.278. The number of carbonyl (C=O) groups excluding carboxylic acids is 1. The van der Waals surface area contributed by atoms with Gasteiger partial charge in [0.2, 0.25) is 5.91 Å². The van der Waals surface area contributed by atoms with Crippen molar-refractivity contribution in [2.45, 2.75) is 24.7 Å². The molecule has 0 spiro atoms. The molecule has 106 valence electrons. The highest BCUT2D eigenvalue weighted by atomic mass is 16.2. The first-order valence-electron chi connectivity index (χ1n) is 7.47. The van der Waals surface area contributed by atoms with Gasteiger partial charge in [-0.1, -0.05) is 30.3 Å². The van der Waals surface area contributed by atoms with Gasteiger partial charge < -0.3 is 10.6 Å². The van der Waals surface area contributed by atoms with E-state index in [1.807, 2.05) is 41.3 Å². The number of fused-ring (bicyclic) bond motifs is 1. The lowest BCUT2D eigenvalue weighted by atomic mass is 9.94. The number of hydrogen-bond acceptors (Lipinski definition) is 2. The number of rotatable bonds is 2. The maximum atomic E-state index is 13.1. The van der Waals surface area contributed by atoms with E-state index in [1.54, 1.807) is 0 Å². The van der Waals surface area contributed by atoms with Crippen molar-refractivity contribution < 1.29 is 4.79 Å². The first-order chi connectivity index (χ1) is 10.2. The third-order valence-electron chi connectivity index (χ3n) is 4.75. The lowest BCUT2D eigenvalue weighted by Gasteiger charge is -2.24. The van der Waals surface area contributed by atoms with Crippen molar-refractivity contribution in [1.29, 1.82) is 0 Å². The molecule has 1 fully saturated rings. The van der Waals surface area contributed by atoms with E-state index in [0.29, 0.717) is 0 Å². The quantitative estimate of drug-likeness (QED) is 0.859. The van der Waals surface area contributed by atoms with Crippen molar-refractivity contribution >= 4 is 17.3 Å². The summed E-state index contributed by atoms with van der Waals surface area (Å²) in [6, 6.07) is 16.0. The molecule has 3 nitrogen and oxygen atoms in total. The molecule has 0 aromatic heterocycles. The monoisotopic (exact) mass is 278 g/mol. The predicted octanol–water partition coefficient (Wildman–Crippen LogP) is 2.89. The molecule has 0 unspecified atom stereocenters. The summed E-state index contributed by atoms with van der Waals surface area (Å²) >= 11 is 0. The average molecular weight is 278 g/mol. The Hall–Kier alpha value is -2.29. The number of para-hydroxylation sites is 1. The Morgan fingerprint density at radius 1 is 1.05 bits per heavy atom. The lowest BCUT2D eigenvalue weighted by molar-refractivity contribution is -0.120. The summed E-state index contributed by atoms with van der Waals surface area (Å²) in [5.74, 6) is 0.247. The largest absolute Gasteiger partial charge is 0.399 e. The minimum Gasteiger partial charge on any atom is -0.399 e. The topological polar surface area (TPSA) is 46.3 Å². The molecule has 2 aliphatic rings. The summed E-state index contributed by atoms with van der Waals surface area (Å²) in [7, 11) is 0. The van der Waals surface area contributed by atoms with Crippen LogP contribution in [0.5, 0.6) is 0 Å². The third-order valence-corrected chi connectivity index (χ3v) is 4.75. The van der Waals surface area contributed by atoms with Crippen LogP contribution >= 0.6 is 0 Å². The molecule has 4 rings (SSSR count). The number of benzene rings is 2. The van der Waals surface area contributed by atoms with E-state index in [9.17, 15) is 4.79 Å². The van der Waals surface area contributed by atoms with Gasteiger partial charge in [0.05, 0.1) is 5.41 Å². The number of amides is 1. The predicted molar refractivity (Wildman–Crippen MR) is 84.3 cm³/mol. The van der Waals surface area contributed by atoms with Crippen LogP contribution in [-0.2, 0) is 16.6 Å². The van der Waals surface area contributed by atoms with Gasteiger partial charge in [-0.05, 0) is 48.6 Å². The standard InChI is InChI=1S/C18H18N2O/c19-15-7-5-14(6-8-15)18(10-11-18)17(21)20-12-9-13-3-1-2-4-16(13)20/h1-8H,9-12,19H2. The second-order valence-electron chi connectivity index (χ2n) is 6.04. The van der Waals surface area contributed by atoms with Gasteiger partial charge in [-0.15, -0.1) is 0 Å². The van der Waals surface area contributed by atoms with Crippen LogP contribution in [0.4, 0.5) is 11.4 Å². The summed E-state index contributed by atoms with van der Waals surface area (Å²) in [6.45, 7) is 0.800. The van der Waals surface area contributed by atoms with Crippen LogP contribution in [0.2, 0.25) is 0 Å². The van der Waals surface area contributed by atoms with E-state index in [0.717, 1.165) is 42.7 Å². The van der Waals surface area contributed by atoms with Gasteiger partial charge in [0, 0.05) is 17.9 Å². The Morgan fingerprint density at radius 3 is 2.48 bits per heavy atom. The highest BCUT2D eigenvalue weighted by Gasteiger charge is 2.53. The molecule has 2 N–H and O–H groups in total. The minimum absolute atomic E-state index is 0.247. The molecule has 1 saturated carbocycles. The molecule has 1 heterocycles. The van der Waals surface area contributed by atoms with Crippen molar-refractivity contribution in [1.82, 2.24) is 0 Å². The van der Waals surface area contributed by atoms with Gasteiger partial charge in [0.25, 0.3) is 0 Å². The van der Waals surface area contributed by atoms with Crippen molar-refractivity contribution in [3.8, 4) is 0 Å². The molecule has 0 bridgehead atoms. The zero-order valence-corrected chi connectivity index (χ0v) is 11.9. The smallest absolute Gasteiger partial charge is 0.237 e. The zero-order chi connectivity index (χ0) is 14.4. The van der Waals surface area contributed by atoms with E-state index in [2.05, 4.69) is 12.1 Å². The van der Waals surface area contributed by atoms with E-state index >= 15 is 0 Å². The van der Waals surface area contributed by atoms with Gasteiger partial charge in [-0.2, -0.15) is 0 Å². The highest BCUT2D eigenvalue weighted by Crippen LogP contribution is 2.51. The maximum Gasteiger partial charge on any atom is 0.237 e. The van der Waals surface area contributed by atoms with Crippen molar-refractivity contribution in [3.63, 3.8) is 0 Å². The second kappa shape index (κ2) is 4.35. The second-order valence-corrected chi connectivity index (χ2v) is 6.04. The molecular weight excluding hydrogens is 260 g/mol. The molecule has 0 radical (unpaired) electrons. The Morgan fingerprint density at radius 2 is 1.76 bits per heavy atom. The molecule has 0 saturated heterocycles. The van der Waals surface area contributed by atoms with Gasteiger partial charge in [-0.3, -0.25) is 4.79 Å². The van der Waals surface area contributed by atoms with Gasteiger partial charge in [0.1, 0.15) is 0 Å². The van der Waals surface area contributed by atoms with Crippen LogP contribution < -0.4 is 10.6 Å². The number of hydrogen-bond donors (Lipinski definition) is 1. The number of nitrogens with two attached hydrogens (primary N) is 1. The fourth-order valence-electron chi connectivity index (χ4n) is 3.36. The van der Waals surface area contributed by atoms with Crippen molar-refractivity contribution in [3.05, 3.63) is 59.7 Å². The van der Waals surface area contributed by atoms with Crippen LogP contribution in [0.3, 0.4) is 0 Å². The summed E-state index contributed by atoms with van der Waals surface area (Å²) in [4.78, 5) is 15.0. The van der Waals surface area contributed by atoms with Crippen molar-refractivity contribution in [2.75, 3.05) is 17.2 Å². The Kier molecular flexibility index (Phi) is 2.58. The number of nitrogen functional groups attached to an aromatic ring is 1. The van der Waals surface area contributed by atoms with E-state index in [-0.39, 0.29) is 11.3 Å². The van der Waals surface area contributed by atoms with Crippen LogP contribution in [-0.4, -0.2) is 12.5 Å². The molecular formula is C18H18N2O. The zero-order valence-electron chi connectivity index (χ0n) is 11.9. The van der Waals surface area contributed by atoms with Gasteiger partial charge >= 0.3 is 0 Å². The van der Waals surface area contributed by atoms with Crippen molar-refractivity contribution in [2.24, 2.45) is 0 Å². The highest BCUT2D eigenvalue weighted by molar-refractivity contribution is 6.04. The number of nitrogens with zero attached hydrogens (tertiary/aromatic N) is 1. The maximum absolute atomic E-state index is 13.1. The Labute approximate surface area is 124 Å². The third kappa shape index (κ3) is 1.84. The summed E-state index contributed by atoms with van der Waals surface area (Å²) < 4.78 is 0. The van der Waals surface area contributed by atoms with E-state index in [1.165, 1.54) is 5.56 Å². The molecule has 2 aromatic rings. The lowest BCUT2D eigenvalue weighted by Crippen LogP contribution is -2.38. The minimum atomic E-state index is -0.314.